The summed E-state index contributed by atoms with van der Waals surface area (Å²) < 4.78 is 0. The van der Waals surface area contributed by atoms with Crippen LogP contribution in [0.15, 0.2) is 12.1 Å². The average molecular weight is 220 g/mol. The smallest absolute Gasteiger partial charge is 0.322 e. The van der Waals surface area contributed by atoms with Crippen molar-refractivity contribution in [1.29, 1.82) is 0 Å². The minimum Gasteiger partial charge on any atom is -0.480 e. The number of pyridine rings is 1. The van der Waals surface area contributed by atoms with Crippen LogP contribution in [0.25, 0.3) is 0 Å². The van der Waals surface area contributed by atoms with Gasteiger partial charge in [0.05, 0.1) is 5.69 Å². The molecule has 0 aromatic carbocycles. The molecule has 2 N–H and O–H groups in total. The van der Waals surface area contributed by atoms with Gasteiger partial charge in [0.2, 0.25) is 0 Å². The fraction of sp³-hybridized carbons (Fsp3) is 0.364. The SMILES string of the molecule is O=C(O)CNc1ccc2c(n1)CCCC2=O. The fourth-order valence-electron chi connectivity index (χ4n) is 1.76. The maximum atomic E-state index is 11.5. The molecule has 0 atom stereocenters. The molecule has 0 radical (unpaired) electrons. The Morgan fingerprint density at radius 2 is 2.25 bits per heavy atom. The Morgan fingerprint density at radius 3 is 3.00 bits per heavy atom. The molecule has 16 heavy (non-hydrogen) atoms. The molecule has 5 nitrogen and oxygen atoms in total. The molecule has 2 rings (SSSR count). The molecule has 1 aromatic heterocycles. The number of ketones is 1. The van der Waals surface area contributed by atoms with E-state index in [1.807, 2.05) is 0 Å². The number of carboxylic acids is 1. The third-order valence-corrected chi connectivity index (χ3v) is 2.51. The van der Waals surface area contributed by atoms with Gasteiger partial charge in [-0.2, -0.15) is 0 Å². The first-order valence-corrected chi connectivity index (χ1v) is 5.15. The van der Waals surface area contributed by atoms with E-state index in [4.69, 9.17) is 5.11 Å². The molecule has 5 heteroatoms. The normalized spacial score (nSPS) is 14.4. The summed E-state index contributed by atoms with van der Waals surface area (Å²) in [6.07, 6.45) is 2.18. The van der Waals surface area contributed by atoms with E-state index in [0.29, 0.717) is 17.8 Å². The molecule has 1 heterocycles. The van der Waals surface area contributed by atoms with Gasteiger partial charge in [0.25, 0.3) is 0 Å². The summed E-state index contributed by atoms with van der Waals surface area (Å²) >= 11 is 0. The van der Waals surface area contributed by atoms with Crippen LogP contribution in [0.5, 0.6) is 0 Å². The molecular weight excluding hydrogens is 208 g/mol. The first-order valence-electron chi connectivity index (χ1n) is 5.15. The Morgan fingerprint density at radius 1 is 1.44 bits per heavy atom. The van der Waals surface area contributed by atoms with E-state index in [-0.39, 0.29) is 12.3 Å². The van der Waals surface area contributed by atoms with Crippen LogP contribution in [0.3, 0.4) is 0 Å². The lowest BCUT2D eigenvalue weighted by Crippen LogP contribution is -2.16. The van der Waals surface area contributed by atoms with Gasteiger partial charge < -0.3 is 10.4 Å². The number of fused-ring (bicyclic) bond motifs is 1. The number of aromatic nitrogens is 1. The molecule has 1 aliphatic rings. The summed E-state index contributed by atoms with van der Waals surface area (Å²) in [5, 5.41) is 11.2. The first kappa shape index (κ1) is 10.6. The molecule has 0 saturated heterocycles. The second kappa shape index (κ2) is 4.30. The Kier molecular flexibility index (Phi) is 2.85. The number of Topliss-reactive ketones (excluding diaryl/α,β-unsaturated/α-hetero) is 1. The third-order valence-electron chi connectivity index (χ3n) is 2.51. The van der Waals surface area contributed by atoms with Crippen molar-refractivity contribution in [2.75, 3.05) is 11.9 Å². The highest BCUT2D eigenvalue weighted by Gasteiger charge is 2.18. The topological polar surface area (TPSA) is 79.3 Å². The van der Waals surface area contributed by atoms with Crippen molar-refractivity contribution in [3.8, 4) is 0 Å². The number of carbonyl (C=O) groups excluding carboxylic acids is 1. The number of nitrogens with zero attached hydrogens (tertiary/aromatic N) is 1. The lowest BCUT2D eigenvalue weighted by atomic mass is 9.95. The largest absolute Gasteiger partial charge is 0.480 e. The van der Waals surface area contributed by atoms with Gasteiger partial charge >= 0.3 is 5.97 Å². The van der Waals surface area contributed by atoms with E-state index in [1.165, 1.54) is 0 Å². The second-order valence-electron chi connectivity index (χ2n) is 3.71. The van der Waals surface area contributed by atoms with Crippen molar-refractivity contribution < 1.29 is 14.7 Å². The van der Waals surface area contributed by atoms with Crippen LogP contribution in [0.1, 0.15) is 28.9 Å². The second-order valence-corrected chi connectivity index (χ2v) is 3.71. The van der Waals surface area contributed by atoms with Crippen LogP contribution in [-0.2, 0) is 11.2 Å². The molecule has 0 amide bonds. The van der Waals surface area contributed by atoms with E-state index in [0.717, 1.165) is 18.5 Å². The van der Waals surface area contributed by atoms with Crippen molar-refractivity contribution >= 4 is 17.6 Å². The molecule has 0 bridgehead atoms. The van der Waals surface area contributed by atoms with Gasteiger partial charge in [-0.05, 0) is 25.0 Å². The van der Waals surface area contributed by atoms with Crippen molar-refractivity contribution in [1.82, 2.24) is 4.98 Å². The Bertz CT molecular complexity index is 443. The molecule has 0 spiro atoms. The standard InChI is InChI=1S/C11H12N2O3/c14-9-3-1-2-8-7(9)4-5-10(13-8)12-6-11(15)16/h4-5H,1-3,6H2,(H,12,13)(H,15,16). The molecule has 0 saturated carbocycles. The number of aryl methyl sites for hydroxylation is 1. The number of hydrogen-bond acceptors (Lipinski definition) is 4. The molecule has 0 aliphatic heterocycles. The summed E-state index contributed by atoms with van der Waals surface area (Å²) in [4.78, 5) is 26.1. The lowest BCUT2D eigenvalue weighted by molar-refractivity contribution is -0.134. The lowest BCUT2D eigenvalue weighted by Gasteiger charge is -2.14. The Labute approximate surface area is 92.5 Å². The molecule has 1 aromatic rings. The molecular formula is C11H12N2O3. The Hall–Kier alpha value is -1.91. The van der Waals surface area contributed by atoms with Crippen molar-refractivity contribution in [2.45, 2.75) is 19.3 Å². The first-order chi connectivity index (χ1) is 7.66. The number of carbonyl (C=O) groups is 2. The van der Waals surface area contributed by atoms with Crippen molar-refractivity contribution in [2.24, 2.45) is 0 Å². The predicted octanol–water partition coefficient (Wildman–Crippen LogP) is 1.10. The summed E-state index contributed by atoms with van der Waals surface area (Å²) in [6.45, 7) is -0.167. The van der Waals surface area contributed by atoms with Gasteiger partial charge in [-0.25, -0.2) is 4.98 Å². The predicted molar refractivity (Wildman–Crippen MR) is 57.6 cm³/mol. The quantitative estimate of drug-likeness (QED) is 0.797. The van der Waals surface area contributed by atoms with Gasteiger partial charge in [0, 0.05) is 12.0 Å². The summed E-state index contributed by atoms with van der Waals surface area (Å²) in [5.41, 5.74) is 1.44. The molecule has 0 fully saturated rings. The monoisotopic (exact) mass is 220 g/mol. The highest BCUT2D eigenvalue weighted by molar-refractivity contribution is 5.98. The molecule has 84 valence electrons. The van der Waals surface area contributed by atoms with E-state index >= 15 is 0 Å². The number of rotatable bonds is 3. The number of aliphatic carboxylic acids is 1. The zero-order valence-corrected chi connectivity index (χ0v) is 8.69. The number of anilines is 1. The van der Waals surface area contributed by atoms with E-state index in [2.05, 4.69) is 10.3 Å². The van der Waals surface area contributed by atoms with Crippen LogP contribution in [-0.4, -0.2) is 28.4 Å². The average Bonchev–Trinajstić information content (AvgIpc) is 2.26. The zero-order valence-electron chi connectivity index (χ0n) is 8.69. The van der Waals surface area contributed by atoms with Gasteiger partial charge in [-0.15, -0.1) is 0 Å². The Balaban J connectivity index is 2.18. The van der Waals surface area contributed by atoms with Crippen LogP contribution in [0, 0.1) is 0 Å². The van der Waals surface area contributed by atoms with E-state index in [1.54, 1.807) is 12.1 Å². The minimum atomic E-state index is -0.935. The highest BCUT2D eigenvalue weighted by Crippen LogP contribution is 2.20. The summed E-state index contributed by atoms with van der Waals surface area (Å²) in [6, 6.07) is 3.36. The van der Waals surface area contributed by atoms with Crippen molar-refractivity contribution in [3.05, 3.63) is 23.4 Å². The maximum Gasteiger partial charge on any atom is 0.322 e. The number of carboxylic acid groups (broad SMARTS) is 1. The van der Waals surface area contributed by atoms with Crippen LogP contribution in [0.2, 0.25) is 0 Å². The maximum absolute atomic E-state index is 11.5. The summed E-state index contributed by atoms with van der Waals surface area (Å²) in [5.74, 6) is -0.301. The van der Waals surface area contributed by atoms with Gasteiger partial charge in [0.15, 0.2) is 5.78 Å². The third kappa shape index (κ3) is 2.18. The molecule has 1 aliphatic carbocycles. The fourth-order valence-corrected chi connectivity index (χ4v) is 1.76. The minimum absolute atomic E-state index is 0.124. The van der Waals surface area contributed by atoms with E-state index in [9.17, 15) is 9.59 Å². The van der Waals surface area contributed by atoms with Gasteiger partial charge in [-0.1, -0.05) is 0 Å². The number of nitrogens with one attached hydrogen (secondary N) is 1. The summed E-state index contributed by atoms with van der Waals surface area (Å²) in [7, 11) is 0. The highest BCUT2D eigenvalue weighted by atomic mass is 16.4. The van der Waals surface area contributed by atoms with Crippen molar-refractivity contribution in [3.63, 3.8) is 0 Å². The molecule has 0 unspecified atom stereocenters. The van der Waals surface area contributed by atoms with Crippen LogP contribution >= 0.6 is 0 Å². The van der Waals surface area contributed by atoms with Crippen LogP contribution < -0.4 is 5.32 Å². The van der Waals surface area contributed by atoms with Gasteiger partial charge in [-0.3, -0.25) is 9.59 Å². The van der Waals surface area contributed by atoms with E-state index < -0.39 is 5.97 Å². The zero-order chi connectivity index (χ0) is 11.5. The van der Waals surface area contributed by atoms with Crippen LogP contribution in [0.4, 0.5) is 5.82 Å². The van der Waals surface area contributed by atoms with Gasteiger partial charge in [0.1, 0.15) is 12.4 Å². The number of hydrogen-bond donors (Lipinski definition) is 2.